The van der Waals surface area contributed by atoms with E-state index in [0.29, 0.717) is 42.8 Å². The van der Waals surface area contributed by atoms with Gasteiger partial charge in [0.25, 0.3) is 5.91 Å². The van der Waals surface area contributed by atoms with Crippen molar-refractivity contribution in [2.45, 2.75) is 101 Å². The van der Waals surface area contributed by atoms with Gasteiger partial charge in [-0.3, -0.25) is 29.1 Å². The van der Waals surface area contributed by atoms with Crippen LogP contribution in [0.2, 0.25) is 0 Å². The number of carbonyl (C=O) groups is 4. The number of fused-ring (bicyclic) bond motifs is 2. The summed E-state index contributed by atoms with van der Waals surface area (Å²) in [6.07, 6.45) is 6.53. The summed E-state index contributed by atoms with van der Waals surface area (Å²) in [5, 5.41) is 15.0. The van der Waals surface area contributed by atoms with Crippen molar-refractivity contribution >= 4 is 45.2 Å². The van der Waals surface area contributed by atoms with Gasteiger partial charge in [0.2, 0.25) is 21.8 Å². The van der Waals surface area contributed by atoms with Crippen LogP contribution in [0.1, 0.15) is 71.4 Å². The van der Waals surface area contributed by atoms with Crippen molar-refractivity contribution in [3.63, 3.8) is 0 Å². The van der Waals surface area contributed by atoms with Gasteiger partial charge in [-0.05, 0) is 64.2 Å². The summed E-state index contributed by atoms with van der Waals surface area (Å²) >= 11 is 1.42. The lowest BCUT2D eigenvalue weighted by Gasteiger charge is -2.32. The third kappa shape index (κ3) is 7.36. The van der Waals surface area contributed by atoms with Gasteiger partial charge in [0, 0.05) is 36.4 Å². The van der Waals surface area contributed by atoms with E-state index in [1.54, 1.807) is 30.8 Å². The molecule has 270 valence electrons. The summed E-state index contributed by atoms with van der Waals surface area (Å²) in [5.41, 5.74) is 1.53. The number of thiazole rings is 1. The van der Waals surface area contributed by atoms with Crippen LogP contribution >= 0.6 is 11.3 Å². The number of carboxylic acid groups (broad SMARTS) is 1. The van der Waals surface area contributed by atoms with Crippen molar-refractivity contribution in [2.75, 3.05) is 6.54 Å². The van der Waals surface area contributed by atoms with E-state index in [2.05, 4.69) is 25.3 Å². The Morgan fingerprint density at radius 3 is 2.62 bits per heavy atom. The number of sulfonamides is 1. The Bertz CT molecular complexity index is 1800. The first-order valence-corrected chi connectivity index (χ1v) is 19.4. The number of carbonyl (C=O) groups excluding carboxylic acids is 3. The van der Waals surface area contributed by atoms with Gasteiger partial charge in [0.1, 0.15) is 29.5 Å². The highest BCUT2D eigenvalue weighted by atomic mass is 32.2. The smallest absolute Gasteiger partial charge is 0.405 e. The van der Waals surface area contributed by atoms with Crippen LogP contribution in [-0.4, -0.2) is 87.2 Å². The standard InChI is InChI=1S/C34H44N6O8S2/c1-19-7-5-6-8-22-15-34(22,31(43)39-50(46,47)33(4)9-10-33)38-29(41)26-14-24(17-40(26)30(42)28(20(2)11-19)37-32(44)45)48-23-12-21(3)36-25(13-23)27-16-35-18-49-27/h6,8,12-13,16,18-20,22,24,26,28,37H,5,7,9-11,14-15,17H2,1-4H3,(H,38,41)(H,39,43)(H,44,45)/b8-6-/t19-,20+,22+,24+,26-,28-,34+/m0/s1. The van der Waals surface area contributed by atoms with Crippen LogP contribution in [0.15, 0.2) is 36.0 Å². The largest absolute Gasteiger partial charge is 0.488 e. The molecule has 0 radical (unpaired) electrons. The van der Waals surface area contributed by atoms with Crippen LogP contribution in [0, 0.1) is 24.7 Å². The average molecular weight is 729 g/mol. The molecule has 3 fully saturated rings. The zero-order chi connectivity index (χ0) is 36.0. The Kier molecular flexibility index (Phi) is 9.72. The number of nitrogens with one attached hydrogen (secondary N) is 3. The molecule has 6 rings (SSSR count). The van der Waals surface area contributed by atoms with Gasteiger partial charge in [0.15, 0.2) is 0 Å². The number of allylic oxidation sites excluding steroid dienone is 1. The molecular formula is C34H44N6O8S2. The van der Waals surface area contributed by atoms with Crippen molar-refractivity contribution in [2.24, 2.45) is 17.8 Å². The van der Waals surface area contributed by atoms with E-state index in [1.807, 2.05) is 32.9 Å². The normalized spacial score (nSPS) is 31.6. The van der Waals surface area contributed by atoms with Crippen LogP contribution in [-0.2, 0) is 24.4 Å². The second-order valence-corrected chi connectivity index (χ2v) is 17.7. The number of amides is 4. The van der Waals surface area contributed by atoms with Crippen LogP contribution in [0.3, 0.4) is 0 Å². The SMILES string of the molecule is Cc1cc(O[C@@H]2C[C@H]3C(=O)N[C@]4(C(=O)NS(=O)(=O)C5(C)CC5)C[C@H]4/C=C\CC[C@H](C)C[C@@H](C)[C@H](NC(=O)O)C(=O)N3C2)cc(-c2cncs2)n1. The van der Waals surface area contributed by atoms with Gasteiger partial charge >= 0.3 is 6.09 Å². The van der Waals surface area contributed by atoms with Crippen LogP contribution in [0.25, 0.3) is 10.6 Å². The molecule has 2 saturated carbocycles. The van der Waals surface area contributed by atoms with Gasteiger partial charge < -0.3 is 25.4 Å². The fraction of sp³-hybridized carbons (Fsp3) is 0.588. The highest BCUT2D eigenvalue weighted by Crippen LogP contribution is 2.47. The number of ether oxygens (including phenoxy) is 1. The van der Waals surface area contributed by atoms with Gasteiger partial charge in [-0.25, -0.2) is 13.2 Å². The summed E-state index contributed by atoms with van der Waals surface area (Å²) in [5.74, 6) is -2.25. The first kappa shape index (κ1) is 35.8. The number of hydrogen-bond donors (Lipinski definition) is 4. The predicted molar refractivity (Wildman–Crippen MR) is 185 cm³/mol. The first-order chi connectivity index (χ1) is 23.6. The quantitative estimate of drug-likeness (QED) is 0.307. The number of aromatic nitrogens is 2. The number of aryl methyl sites for hydroxylation is 1. The van der Waals surface area contributed by atoms with Gasteiger partial charge in [-0.15, -0.1) is 11.3 Å². The number of hydrogen-bond acceptors (Lipinski definition) is 10. The van der Waals surface area contributed by atoms with Crippen molar-refractivity contribution in [3.05, 3.63) is 41.7 Å². The molecule has 4 aliphatic rings. The van der Waals surface area contributed by atoms with E-state index in [1.165, 1.54) is 16.2 Å². The number of rotatable bonds is 7. The molecule has 16 heteroatoms. The Morgan fingerprint density at radius 1 is 1.18 bits per heavy atom. The third-order valence-electron chi connectivity index (χ3n) is 10.4. The zero-order valence-electron chi connectivity index (χ0n) is 28.5. The van der Waals surface area contributed by atoms with Crippen molar-refractivity contribution in [1.29, 1.82) is 0 Å². The molecule has 0 bridgehead atoms. The molecule has 2 aliphatic carbocycles. The van der Waals surface area contributed by atoms with Crippen molar-refractivity contribution in [3.8, 4) is 16.3 Å². The number of pyridine rings is 1. The molecule has 2 aliphatic heterocycles. The maximum absolute atomic E-state index is 14.3. The number of nitrogens with zero attached hydrogens (tertiary/aromatic N) is 3. The summed E-state index contributed by atoms with van der Waals surface area (Å²) in [7, 11) is -3.99. The highest BCUT2D eigenvalue weighted by Gasteiger charge is 2.63. The molecule has 2 aromatic rings. The molecule has 2 aromatic heterocycles. The molecule has 14 nitrogen and oxygen atoms in total. The molecular weight excluding hydrogens is 685 g/mol. The summed E-state index contributed by atoms with van der Waals surface area (Å²) < 4.78 is 33.7. The van der Waals surface area contributed by atoms with E-state index < -0.39 is 74.1 Å². The minimum atomic E-state index is -3.99. The van der Waals surface area contributed by atoms with Gasteiger partial charge in [-0.1, -0.05) is 26.0 Å². The molecule has 0 unspecified atom stereocenters. The maximum atomic E-state index is 14.3. The lowest BCUT2D eigenvalue weighted by atomic mass is 9.88. The monoisotopic (exact) mass is 728 g/mol. The lowest BCUT2D eigenvalue weighted by molar-refractivity contribution is -0.142. The third-order valence-corrected chi connectivity index (χ3v) is 13.4. The summed E-state index contributed by atoms with van der Waals surface area (Å²) in [4.78, 5) is 65.1. The minimum absolute atomic E-state index is 0.0243. The summed E-state index contributed by atoms with van der Waals surface area (Å²) in [6, 6.07) is 1.25. The molecule has 4 N–H and O–H groups in total. The Hall–Kier alpha value is -4.05. The van der Waals surface area contributed by atoms with Crippen LogP contribution < -0.4 is 20.1 Å². The fourth-order valence-electron chi connectivity index (χ4n) is 7.10. The predicted octanol–water partition coefficient (Wildman–Crippen LogP) is 3.38. The summed E-state index contributed by atoms with van der Waals surface area (Å²) in [6.45, 7) is 7.23. The van der Waals surface area contributed by atoms with E-state index in [4.69, 9.17) is 4.74 Å². The molecule has 4 heterocycles. The van der Waals surface area contributed by atoms with E-state index in [-0.39, 0.29) is 25.3 Å². The topological polar surface area (TPSA) is 197 Å². The molecule has 50 heavy (non-hydrogen) atoms. The second kappa shape index (κ2) is 13.6. The van der Waals surface area contributed by atoms with E-state index in [0.717, 1.165) is 11.3 Å². The molecule has 0 spiro atoms. The van der Waals surface area contributed by atoms with Gasteiger partial charge in [0.05, 0.1) is 27.4 Å². The molecule has 4 amide bonds. The maximum Gasteiger partial charge on any atom is 0.405 e. The van der Waals surface area contributed by atoms with Crippen LogP contribution in [0.5, 0.6) is 5.75 Å². The zero-order valence-corrected chi connectivity index (χ0v) is 30.2. The van der Waals surface area contributed by atoms with Gasteiger partial charge in [-0.2, -0.15) is 0 Å². The Labute approximate surface area is 295 Å². The van der Waals surface area contributed by atoms with Crippen molar-refractivity contribution < 1.29 is 37.4 Å². The van der Waals surface area contributed by atoms with Crippen molar-refractivity contribution in [1.82, 2.24) is 30.2 Å². The lowest BCUT2D eigenvalue weighted by Crippen LogP contribution is -2.59. The average Bonchev–Trinajstić information content (AvgIpc) is 3.79. The Morgan fingerprint density at radius 2 is 1.94 bits per heavy atom. The molecule has 7 atom stereocenters. The molecule has 1 saturated heterocycles. The second-order valence-electron chi connectivity index (χ2n) is 14.6. The van der Waals surface area contributed by atoms with E-state index in [9.17, 15) is 32.7 Å². The fourth-order valence-corrected chi connectivity index (χ4v) is 8.99. The molecule has 0 aromatic carbocycles. The van der Waals surface area contributed by atoms with Crippen LogP contribution in [0.4, 0.5) is 4.79 Å². The van der Waals surface area contributed by atoms with E-state index >= 15 is 0 Å². The minimum Gasteiger partial charge on any atom is -0.488 e. The highest BCUT2D eigenvalue weighted by molar-refractivity contribution is 7.91. The first-order valence-electron chi connectivity index (χ1n) is 17.0. The Balaban J connectivity index is 1.32.